The molecule has 2 N–H and O–H groups in total. The highest BCUT2D eigenvalue weighted by Gasteiger charge is 2.33. The third-order valence-electron chi connectivity index (χ3n) is 4.02. The van der Waals surface area contributed by atoms with Gasteiger partial charge < -0.3 is 14.9 Å². The van der Waals surface area contributed by atoms with Crippen molar-refractivity contribution in [2.75, 3.05) is 12.8 Å². The number of benzene rings is 2. The zero-order valence-electron chi connectivity index (χ0n) is 12.4. The summed E-state index contributed by atoms with van der Waals surface area (Å²) in [6.45, 7) is 0.510. The van der Waals surface area contributed by atoms with E-state index in [2.05, 4.69) is 24.3 Å². The molecule has 0 bridgehead atoms. The Kier molecular flexibility index (Phi) is 5.22. The lowest BCUT2D eigenvalue weighted by atomic mass is 10.0. The first kappa shape index (κ1) is 15.6. The van der Waals surface area contributed by atoms with E-state index in [1.165, 1.54) is 10.6 Å². The first-order valence-corrected chi connectivity index (χ1v) is 9.14. The van der Waals surface area contributed by atoms with Gasteiger partial charge in [0.05, 0.1) is 12.2 Å². The molecule has 0 aromatic heterocycles. The van der Waals surface area contributed by atoms with E-state index in [1.807, 2.05) is 36.4 Å². The Morgan fingerprint density at radius 2 is 1.45 bits per heavy atom. The minimum atomic E-state index is -0.800. The number of rotatable bonds is 4. The van der Waals surface area contributed by atoms with Gasteiger partial charge in [-0.3, -0.25) is 0 Å². The maximum absolute atomic E-state index is 10.2. The van der Waals surface area contributed by atoms with E-state index >= 15 is 0 Å². The van der Waals surface area contributed by atoms with Gasteiger partial charge in [-0.1, -0.05) is 60.7 Å². The van der Waals surface area contributed by atoms with E-state index in [0.29, 0.717) is 13.0 Å². The summed E-state index contributed by atoms with van der Waals surface area (Å²) in [5, 5.41) is 22.6. The molecule has 0 spiro atoms. The molecule has 0 saturated carbocycles. The zero-order valence-corrected chi connectivity index (χ0v) is 13.3. The lowest BCUT2D eigenvalue weighted by Crippen LogP contribution is -2.46. The van der Waals surface area contributed by atoms with Crippen LogP contribution < -0.4 is 10.6 Å². The molecule has 1 aliphatic rings. The van der Waals surface area contributed by atoms with Gasteiger partial charge in [-0.25, -0.2) is 0 Å². The highest BCUT2D eigenvalue weighted by Crippen LogP contribution is 2.36. The van der Waals surface area contributed by atoms with Crippen LogP contribution in [0.1, 0.15) is 6.42 Å². The molecule has 22 heavy (non-hydrogen) atoms. The predicted octanol–water partition coefficient (Wildman–Crippen LogP) is 1.63. The Balaban J connectivity index is 1.86. The molecule has 0 amide bonds. The average molecular weight is 316 g/mol. The zero-order chi connectivity index (χ0) is 15.4. The van der Waals surface area contributed by atoms with Gasteiger partial charge in [0.2, 0.25) is 0 Å². The third-order valence-corrected chi connectivity index (χ3v) is 6.59. The van der Waals surface area contributed by atoms with Crippen molar-refractivity contribution in [2.24, 2.45) is 0 Å². The summed E-state index contributed by atoms with van der Waals surface area (Å²) >= 11 is 0. The molecule has 116 valence electrons. The van der Waals surface area contributed by atoms with Crippen LogP contribution >= 0.6 is 7.92 Å². The molecule has 1 heterocycles. The Labute approximate surface area is 132 Å². The van der Waals surface area contributed by atoms with E-state index in [9.17, 15) is 10.2 Å². The quantitative estimate of drug-likeness (QED) is 0.843. The van der Waals surface area contributed by atoms with Crippen molar-refractivity contribution in [3.8, 4) is 0 Å². The van der Waals surface area contributed by atoms with Gasteiger partial charge in [0.25, 0.3) is 0 Å². The van der Waals surface area contributed by atoms with Gasteiger partial charge in [0.1, 0.15) is 6.10 Å². The molecule has 3 atom stereocenters. The van der Waals surface area contributed by atoms with Gasteiger partial charge >= 0.3 is 0 Å². The van der Waals surface area contributed by atoms with Crippen molar-refractivity contribution in [1.82, 2.24) is 0 Å². The fourth-order valence-electron chi connectivity index (χ4n) is 2.77. The van der Waals surface area contributed by atoms with Gasteiger partial charge in [-0.2, -0.15) is 0 Å². The molecule has 3 nitrogen and oxygen atoms in total. The van der Waals surface area contributed by atoms with Crippen molar-refractivity contribution in [1.29, 1.82) is 0 Å². The van der Waals surface area contributed by atoms with Crippen LogP contribution in [0.4, 0.5) is 0 Å². The van der Waals surface area contributed by atoms with E-state index in [0.717, 1.165) is 6.16 Å². The summed E-state index contributed by atoms with van der Waals surface area (Å²) in [6, 6.07) is 20.7. The van der Waals surface area contributed by atoms with E-state index < -0.39 is 20.1 Å². The molecular weight excluding hydrogens is 295 g/mol. The first-order chi connectivity index (χ1) is 10.8. The summed E-state index contributed by atoms with van der Waals surface area (Å²) < 4.78 is 5.74. The molecular formula is C18H21O3P. The standard InChI is InChI=1S/C18H21O3P/c19-16-11-12-21-17(18(16)20)13-22(14-7-3-1-4-8-14)15-9-5-2-6-10-15/h1-10,16-20H,11-13H2/t16-,17-,18+/m1/s1. The van der Waals surface area contributed by atoms with Gasteiger partial charge in [0.15, 0.2) is 0 Å². The SMILES string of the molecule is O[C@H]1[C@H](O)CCO[C@@H]1CP(c1ccccc1)c1ccccc1. The van der Waals surface area contributed by atoms with Crippen molar-refractivity contribution in [3.63, 3.8) is 0 Å². The fraction of sp³-hybridized carbons (Fsp3) is 0.333. The number of aliphatic hydroxyl groups is 2. The molecule has 2 aromatic rings. The van der Waals surface area contributed by atoms with Crippen LogP contribution in [0.3, 0.4) is 0 Å². The number of hydrogen-bond acceptors (Lipinski definition) is 3. The largest absolute Gasteiger partial charge is 0.390 e. The molecule has 1 saturated heterocycles. The van der Waals surface area contributed by atoms with E-state index in [1.54, 1.807) is 0 Å². The van der Waals surface area contributed by atoms with Crippen molar-refractivity contribution >= 4 is 18.5 Å². The molecule has 4 heteroatoms. The summed E-state index contributed by atoms with van der Waals surface area (Å²) in [5.41, 5.74) is 0. The van der Waals surface area contributed by atoms with Gasteiger partial charge in [-0.05, 0) is 25.0 Å². The van der Waals surface area contributed by atoms with Crippen molar-refractivity contribution in [2.45, 2.75) is 24.7 Å². The lowest BCUT2D eigenvalue weighted by molar-refractivity contribution is -0.125. The average Bonchev–Trinajstić information content (AvgIpc) is 2.58. The smallest absolute Gasteiger partial charge is 0.106 e. The monoisotopic (exact) mass is 316 g/mol. The maximum atomic E-state index is 10.2. The number of ether oxygens (including phenoxy) is 1. The minimum Gasteiger partial charge on any atom is -0.390 e. The predicted molar refractivity (Wildman–Crippen MR) is 90.3 cm³/mol. The normalized spacial score (nSPS) is 25.3. The topological polar surface area (TPSA) is 49.7 Å². The minimum absolute atomic E-state index is 0.310. The number of hydrogen-bond donors (Lipinski definition) is 2. The molecule has 2 aromatic carbocycles. The summed E-state index contributed by atoms with van der Waals surface area (Å²) in [7, 11) is -0.616. The Morgan fingerprint density at radius 3 is 2.00 bits per heavy atom. The van der Waals surface area contributed by atoms with Crippen molar-refractivity contribution < 1.29 is 14.9 Å². The Bertz CT molecular complexity index is 536. The van der Waals surface area contributed by atoms with Crippen LogP contribution in [0.5, 0.6) is 0 Å². The van der Waals surface area contributed by atoms with Crippen LogP contribution in [0, 0.1) is 0 Å². The second-order valence-corrected chi connectivity index (χ2v) is 7.79. The Morgan fingerprint density at radius 1 is 0.909 bits per heavy atom. The van der Waals surface area contributed by atoms with Crippen LogP contribution in [0.15, 0.2) is 60.7 Å². The number of aliphatic hydroxyl groups excluding tert-OH is 2. The van der Waals surface area contributed by atoms with Gasteiger partial charge in [-0.15, -0.1) is 0 Å². The van der Waals surface area contributed by atoms with Crippen LogP contribution in [0.2, 0.25) is 0 Å². The lowest BCUT2D eigenvalue weighted by Gasteiger charge is -2.34. The molecule has 1 aliphatic heterocycles. The molecule has 3 rings (SSSR count). The summed E-state index contributed by atoms with van der Waals surface area (Å²) in [5.74, 6) is 0. The van der Waals surface area contributed by atoms with Crippen LogP contribution in [-0.2, 0) is 4.74 Å². The highest BCUT2D eigenvalue weighted by atomic mass is 31.1. The fourth-order valence-corrected chi connectivity index (χ4v) is 5.24. The van der Waals surface area contributed by atoms with Crippen LogP contribution in [0.25, 0.3) is 0 Å². The van der Waals surface area contributed by atoms with Crippen molar-refractivity contribution in [3.05, 3.63) is 60.7 Å². The van der Waals surface area contributed by atoms with Crippen LogP contribution in [-0.4, -0.2) is 41.3 Å². The Hall–Kier alpha value is -1.25. The summed E-state index contributed by atoms with van der Waals surface area (Å²) in [4.78, 5) is 0. The van der Waals surface area contributed by atoms with E-state index in [-0.39, 0.29) is 6.10 Å². The van der Waals surface area contributed by atoms with Gasteiger partial charge in [0, 0.05) is 12.8 Å². The summed E-state index contributed by atoms with van der Waals surface area (Å²) in [6.07, 6.45) is -0.558. The third kappa shape index (κ3) is 3.56. The molecule has 0 aliphatic carbocycles. The molecule has 0 radical (unpaired) electrons. The maximum Gasteiger partial charge on any atom is 0.106 e. The highest BCUT2D eigenvalue weighted by molar-refractivity contribution is 7.73. The molecule has 0 unspecified atom stereocenters. The second kappa shape index (κ2) is 7.34. The molecule has 1 fully saturated rings. The second-order valence-electron chi connectivity index (χ2n) is 5.54. The first-order valence-electron chi connectivity index (χ1n) is 7.61. The van der Waals surface area contributed by atoms with E-state index in [4.69, 9.17) is 4.74 Å².